The van der Waals surface area contributed by atoms with Gasteiger partial charge in [-0.3, -0.25) is 4.68 Å². The number of benzene rings is 1. The van der Waals surface area contributed by atoms with Gasteiger partial charge in [0.2, 0.25) is 5.82 Å². The molecule has 0 spiro atoms. The van der Waals surface area contributed by atoms with Crippen LogP contribution >= 0.6 is 0 Å². The molecule has 0 N–H and O–H groups in total. The van der Waals surface area contributed by atoms with E-state index >= 15 is 0 Å². The van der Waals surface area contributed by atoms with Gasteiger partial charge < -0.3 is 9.26 Å². The first kappa shape index (κ1) is 18.6. The Balaban J connectivity index is 1.69. The van der Waals surface area contributed by atoms with E-state index < -0.39 is 18.0 Å². The van der Waals surface area contributed by atoms with Crippen molar-refractivity contribution in [2.24, 2.45) is 0 Å². The summed E-state index contributed by atoms with van der Waals surface area (Å²) < 4.78 is 48.4. The van der Waals surface area contributed by atoms with Crippen LogP contribution in [-0.4, -0.2) is 32.0 Å². The largest absolute Gasteiger partial charge is 0.471 e. The molecule has 27 heavy (non-hydrogen) atoms. The van der Waals surface area contributed by atoms with Crippen LogP contribution < -0.4 is 0 Å². The summed E-state index contributed by atoms with van der Waals surface area (Å²) in [5, 5.41) is 7.44. The Bertz CT molecular complexity index is 930. The third-order valence-corrected chi connectivity index (χ3v) is 3.44. The zero-order valence-corrected chi connectivity index (χ0v) is 14.4. The summed E-state index contributed by atoms with van der Waals surface area (Å²) in [5.41, 5.74) is 1.55. The second kappa shape index (κ2) is 7.22. The highest BCUT2D eigenvalue weighted by molar-refractivity contribution is 5.88. The number of halogens is 3. The lowest BCUT2D eigenvalue weighted by Crippen LogP contribution is -2.10. The molecule has 0 fully saturated rings. The standard InChI is InChI=1S/C17H15F3N4O3/c1-10(2)26-15(25)13-7-21-24(9-13)8-11-3-5-12(6-4-11)14-22-16(27-23-14)17(18,19)20/h3-7,9-10H,8H2,1-2H3. The third-order valence-electron chi connectivity index (χ3n) is 3.44. The molecular formula is C17H15F3N4O3. The lowest BCUT2D eigenvalue weighted by molar-refractivity contribution is -0.159. The van der Waals surface area contributed by atoms with Gasteiger partial charge in [0.15, 0.2) is 0 Å². The molecule has 10 heteroatoms. The Morgan fingerprint density at radius 2 is 1.96 bits per heavy atom. The summed E-state index contributed by atoms with van der Waals surface area (Å²) in [6.07, 6.45) is -1.93. The Labute approximate surface area is 151 Å². The SMILES string of the molecule is CC(C)OC(=O)c1cnn(Cc2ccc(-c3noc(C(F)(F)F)n3)cc2)c1. The van der Waals surface area contributed by atoms with Gasteiger partial charge in [0.05, 0.1) is 24.4 Å². The van der Waals surface area contributed by atoms with Crippen LogP contribution in [0.3, 0.4) is 0 Å². The highest BCUT2D eigenvalue weighted by atomic mass is 19.4. The minimum Gasteiger partial charge on any atom is -0.459 e. The summed E-state index contributed by atoms with van der Waals surface area (Å²) in [6.45, 7) is 3.88. The smallest absolute Gasteiger partial charge is 0.459 e. The van der Waals surface area contributed by atoms with Gasteiger partial charge >= 0.3 is 18.0 Å². The van der Waals surface area contributed by atoms with Crippen LogP contribution in [0.2, 0.25) is 0 Å². The number of rotatable bonds is 5. The summed E-state index contributed by atoms with van der Waals surface area (Å²) in [6, 6.07) is 6.56. The molecule has 0 atom stereocenters. The van der Waals surface area contributed by atoms with Crippen molar-refractivity contribution in [2.75, 3.05) is 0 Å². The van der Waals surface area contributed by atoms with E-state index in [-0.39, 0.29) is 11.9 Å². The lowest BCUT2D eigenvalue weighted by Gasteiger charge is -2.05. The molecule has 2 aromatic heterocycles. The molecule has 0 saturated heterocycles. The molecule has 0 aliphatic heterocycles. The van der Waals surface area contributed by atoms with Crippen LogP contribution in [0.4, 0.5) is 13.2 Å². The average molecular weight is 380 g/mol. The molecule has 0 aliphatic carbocycles. The monoisotopic (exact) mass is 380 g/mol. The predicted molar refractivity (Wildman–Crippen MR) is 86.6 cm³/mol. The van der Waals surface area contributed by atoms with E-state index in [1.807, 2.05) is 0 Å². The van der Waals surface area contributed by atoms with Gasteiger partial charge in [-0.15, -0.1) is 0 Å². The molecule has 3 aromatic rings. The zero-order valence-electron chi connectivity index (χ0n) is 14.4. The molecule has 3 rings (SSSR count). The Morgan fingerprint density at radius 3 is 2.56 bits per heavy atom. The van der Waals surface area contributed by atoms with E-state index in [1.54, 1.807) is 49.0 Å². The van der Waals surface area contributed by atoms with Gasteiger partial charge in [-0.25, -0.2) is 4.79 Å². The fraction of sp³-hybridized carbons (Fsp3) is 0.294. The van der Waals surface area contributed by atoms with Crippen molar-refractivity contribution in [1.29, 1.82) is 0 Å². The topological polar surface area (TPSA) is 83.0 Å². The zero-order chi connectivity index (χ0) is 19.6. The van der Waals surface area contributed by atoms with Crippen molar-refractivity contribution in [1.82, 2.24) is 19.9 Å². The molecule has 0 bridgehead atoms. The molecule has 0 amide bonds. The van der Waals surface area contributed by atoms with Gasteiger partial charge in [-0.05, 0) is 19.4 Å². The molecule has 7 nitrogen and oxygen atoms in total. The number of hydrogen-bond acceptors (Lipinski definition) is 6. The number of nitrogens with zero attached hydrogens (tertiary/aromatic N) is 4. The van der Waals surface area contributed by atoms with E-state index in [1.165, 1.54) is 6.20 Å². The molecule has 0 unspecified atom stereocenters. The van der Waals surface area contributed by atoms with Crippen molar-refractivity contribution in [3.05, 3.63) is 53.7 Å². The first-order chi connectivity index (χ1) is 12.7. The number of carbonyl (C=O) groups excluding carboxylic acids is 1. The number of esters is 1. The summed E-state index contributed by atoms with van der Waals surface area (Å²) in [7, 11) is 0. The maximum Gasteiger partial charge on any atom is 0.471 e. The molecule has 142 valence electrons. The van der Waals surface area contributed by atoms with E-state index in [9.17, 15) is 18.0 Å². The Hall–Kier alpha value is -3.17. The van der Waals surface area contributed by atoms with Gasteiger partial charge in [0.25, 0.3) is 0 Å². The summed E-state index contributed by atoms with van der Waals surface area (Å²) in [4.78, 5) is 15.2. The second-order valence-electron chi connectivity index (χ2n) is 6.00. The average Bonchev–Trinajstić information content (AvgIpc) is 3.24. The van der Waals surface area contributed by atoms with Crippen molar-refractivity contribution in [3.63, 3.8) is 0 Å². The van der Waals surface area contributed by atoms with Crippen molar-refractivity contribution < 1.29 is 27.2 Å². The van der Waals surface area contributed by atoms with Gasteiger partial charge in [-0.2, -0.15) is 23.3 Å². The lowest BCUT2D eigenvalue weighted by atomic mass is 10.1. The highest BCUT2D eigenvalue weighted by Gasteiger charge is 2.38. The van der Waals surface area contributed by atoms with Crippen LogP contribution in [0, 0.1) is 0 Å². The first-order valence-electron chi connectivity index (χ1n) is 7.96. The van der Waals surface area contributed by atoms with Crippen molar-refractivity contribution >= 4 is 5.97 Å². The molecular weight excluding hydrogens is 365 g/mol. The van der Waals surface area contributed by atoms with Crippen LogP contribution in [0.5, 0.6) is 0 Å². The summed E-state index contributed by atoms with van der Waals surface area (Å²) in [5.74, 6) is -1.99. The van der Waals surface area contributed by atoms with E-state index in [4.69, 9.17) is 4.74 Å². The van der Waals surface area contributed by atoms with Gasteiger partial charge in [0, 0.05) is 11.8 Å². The Morgan fingerprint density at radius 1 is 1.26 bits per heavy atom. The third kappa shape index (κ3) is 4.52. The van der Waals surface area contributed by atoms with Crippen LogP contribution in [0.15, 0.2) is 41.2 Å². The Kier molecular flexibility index (Phi) is 4.98. The maximum absolute atomic E-state index is 12.5. The number of hydrogen-bond donors (Lipinski definition) is 0. The van der Waals surface area contributed by atoms with E-state index in [2.05, 4.69) is 19.8 Å². The fourth-order valence-electron chi connectivity index (χ4n) is 2.24. The van der Waals surface area contributed by atoms with Crippen LogP contribution in [0.1, 0.15) is 35.7 Å². The number of ether oxygens (including phenoxy) is 1. The molecule has 0 saturated carbocycles. The van der Waals surface area contributed by atoms with Crippen molar-refractivity contribution in [2.45, 2.75) is 32.7 Å². The minimum atomic E-state index is -4.68. The summed E-state index contributed by atoms with van der Waals surface area (Å²) >= 11 is 0. The number of aromatic nitrogens is 4. The predicted octanol–water partition coefficient (Wildman–Crippen LogP) is 3.57. The van der Waals surface area contributed by atoms with E-state index in [0.717, 1.165) is 5.56 Å². The minimum absolute atomic E-state index is 0.147. The first-order valence-corrected chi connectivity index (χ1v) is 7.96. The van der Waals surface area contributed by atoms with Crippen LogP contribution in [-0.2, 0) is 17.5 Å². The normalized spacial score (nSPS) is 11.8. The molecule has 2 heterocycles. The second-order valence-corrected chi connectivity index (χ2v) is 6.00. The van der Waals surface area contributed by atoms with E-state index in [0.29, 0.717) is 17.7 Å². The molecule has 0 radical (unpaired) electrons. The maximum atomic E-state index is 12.5. The number of carbonyl (C=O) groups is 1. The molecule has 0 aliphatic rings. The fourth-order valence-corrected chi connectivity index (χ4v) is 2.24. The molecule has 1 aromatic carbocycles. The van der Waals surface area contributed by atoms with Crippen molar-refractivity contribution in [3.8, 4) is 11.4 Å². The highest BCUT2D eigenvalue weighted by Crippen LogP contribution is 2.29. The number of alkyl halides is 3. The van der Waals surface area contributed by atoms with Gasteiger partial charge in [-0.1, -0.05) is 29.4 Å². The quantitative estimate of drug-likeness (QED) is 0.630. The van der Waals surface area contributed by atoms with Gasteiger partial charge in [0.1, 0.15) is 0 Å². The van der Waals surface area contributed by atoms with Crippen LogP contribution in [0.25, 0.3) is 11.4 Å².